The number of fused-ring (bicyclic) bond motifs is 1. The van der Waals surface area contributed by atoms with Crippen LogP contribution in [0.2, 0.25) is 0 Å². The minimum absolute atomic E-state index is 0.0982. The van der Waals surface area contributed by atoms with Crippen LogP contribution in [0.25, 0.3) is 20.9 Å². The average Bonchev–Trinajstić information content (AvgIpc) is 3.02. The van der Waals surface area contributed by atoms with E-state index in [1.165, 1.54) is 11.3 Å². The van der Waals surface area contributed by atoms with E-state index in [1.54, 1.807) is 6.07 Å². The Balaban J connectivity index is 2.14. The average molecular weight is 295 g/mol. The van der Waals surface area contributed by atoms with E-state index in [-0.39, 0.29) is 5.89 Å². The molecule has 102 valence electrons. The molecule has 20 heavy (non-hydrogen) atoms. The fourth-order valence-corrected chi connectivity index (χ4v) is 2.81. The minimum Gasteiger partial charge on any atom is -0.475 e. The van der Waals surface area contributed by atoms with E-state index < -0.39 is 23.8 Å². The molecule has 3 rings (SSSR count). The van der Waals surface area contributed by atoms with Gasteiger partial charge in [0.15, 0.2) is 5.69 Å². The van der Waals surface area contributed by atoms with Crippen molar-refractivity contribution >= 4 is 27.4 Å². The van der Waals surface area contributed by atoms with Gasteiger partial charge in [-0.2, -0.15) is 0 Å². The SMILES string of the molecule is O=C(O)c1oc(-c2cc3ccccc3s2)nc1C(F)F. The van der Waals surface area contributed by atoms with Crippen LogP contribution in [0.3, 0.4) is 0 Å². The van der Waals surface area contributed by atoms with Gasteiger partial charge in [-0.15, -0.1) is 11.3 Å². The molecule has 0 unspecified atom stereocenters. The third-order valence-corrected chi connectivity index (χ3v) is 3.79. The molecule has 0 radical (unpaired) electrons. The summed E-state index contributed by atoms with van der Waals surface area (Å²) in [5, 5.41) is 9.77. The minimum atomic E-state index is -2.99. The molecule has 7 heteroatoms. The summed E-state index contributed by atoms with van der Waals surface area (Å²) in [7, 11) is 0. The number of carbonyl (C=O) groups is 1. The lowest BCUT2D eigenvalue weighted by molar-refractivity contribution is 0.0647. The number of carboxylic acid groups (broad SMARTS) is 1. The van der Waals surface area contributed by atoms with Crippen molar-refractivity contribution in [3.8, 4) is 10.8 Å². The fourth-order valence-electron chi connectivity index (χ4n) is 1.83. The van der Waals surface area contributed by atoms with Crippen LogP contribution in [0.15, 0.2) is 34.7 Å². The Morgan fingerprint density at radius 2 is 2.10 bits per heavy atom. The number of hydrogen-bond donors (Lipinski definition) is 1. The van der Waals surface area contributed by atoms with Gasteiger partial charge in [0.2, 0.25) is 11.7 Å². The fraction of sp³-hybridized carbons (Fsp3) is 0.0769. The van der Waals surface area contributed by atoms with E-state index >= 15 is 0 Å². The quantitative estimate of drug-likeness (QED) is 0.786. The Bertz CT molecular complexity index is 761. The van der Waals surface area contributed by atoms with Crippen LogP contribution in [-0.2, 0) is 0 Å². The number of aromatic nitrogens is 1. The summed E-state index contributed by atoms with van der Waals surface area (Å²) < 4.78 is 31.4. The largest absolute Gasteiger partial charge is 0.475 e. The second-order valence-corrected chi connectivity index (χ2v) is 5.07. The molecule has 0 saturated heterocycles. The first-order valence-corrected chi connectivity index (χ1v) is 6.39. The first kappa shape index (κ1) is 12.7. The van der Waals surface area contributed by atoms with Crippen LogP contribution in [0.1, 0.15) is 22.7 Å². The lowest BCUT2D eigenvalue weighted by Gasteiger charge is -1.91. The van der Waals surface area contributed by atoms with Gasteiger partial charge in [-0.3, -0.25) is 0 Å². The second-order valence-electron chi connectivity index (χ2n) is 3.99. The van der Waals surface area contributed by atoms with E-state index in [0.29, 0.717) is 4.88 Å². The van der Waals surface area contributed by atoms with E-state index in [4.69, 9.17) is 9.52 Å². The predicted octanol–water partition coefficient (Wildman–Crippen LogP) is 4.19. The number of aromatic carboxylic acids is 1. The molecule has 1 N–H and O–H groups in total. The Morgan fingerprint density at radius 3 is 2.70 bits per heavy atom. The van der Waals surface area contributed by atoms with Crippen molar-refractivity contribution in [1.82, 2.24) is 4.98 Å². The lowest BCUT2D eigenvalue weighted by atomic mass is 10.2. The highest BCUT2D eigenvalue weighted by molar-refractivity contribution is 7.22. The van der Waals surface area contributed by atoms with Gasteiger partial charge in [0.1, 0.15) is 0 Å². The molecule has 3 aromatic rings. The van der Waals surface area contributed by atoms with Crippen molar-refractivity contribution in [2.45, 2.75) is 6.43 Å². The molecule has 0 amide bonds. The topological polar surface area (TPSA) is 63.3 Å². The van der Waals surface area contributed by atoms with Crippen molar-refractivity contribution in [1.29, 1.82) is 0 Å². The van der Waals surface area contributed by atoms with Gasteiger partial charge in [-0.1, -0.05) is 18.2 Å². The van der Waals surface area contributed by atoms with Gasteiger partial charge in [0, 0.05) is 4.70 Å². The molecule has 0 aliphatic carbocycles. The predicted molar refractivity (Wildman–Crippen MR) is 69.2 cm³/mol. The second kappa shape index (κ2) is 4.68. The van der Waals surface area contributed by atoms with Gasteiger partial charge < -0.3 is 9.52 Å². The number of nitrogens with zero attached hydrogens (tertiary/aromatic N) is 1. The Hall–Kier alpha value is -2.28. The molecule has 0 fully saturated rings. The van der Waals surface area contributed by atoms with Crippen LogP contribution >= 0.6 is 11.3 Å². The molecule has 0 aliphatic rings. The number of oxazole rings is 1. The van der Waals surface area contributed by atoms with Crippen LogP contribution in [0.5, 0.6) is 0 Å². The van der Waals surface area contributed by atoms with E-state index in [0.717, 1.165) is 10.1 Å². The van der Waals surface area contributed by atoms with Gasteiger partial charge in [-0.05, 0) is 17.5 Å². The summed E-state index contributed by atoms with van der Waals surface area (Å²) in [6.07, 6.45) is -2.99. The maximum absolute atomic E-state index is 12.7. The molecule has 0 atom stereocenters. The maximum atomic E-state index is 12.7. The van der Waals surface area contributed by atoms with E-state index in [2.05, 4.69) is 4.98 Å². The van der Waals surface area contributed by atoms with E-state index in [9.17, 15) is 13.6 Å². The van der Waals surface area contributed by atoms with Crippen molar-refractivity contribution in [3.05, 3.63) is 41.8 Å². The third kappa shape index (κ3) is 2.05. The molecule has 0 spiro atoms. The molecule has 2 aromatic heterocycles. The summed E-state index contributed by atoms with van der Waals surface area (Å²) in [5.41, 5.74) is -0.843. The van der Waals surface area contributed by atoms with Gasteiger partial charge in [-0.25, -0.2) is 18.6 Å². The smallest absolute Gasteiger partial charge is 0.374 e. The highest BCUT2D eigenvalue weighted by Crippen LogP contribution is 2.35. The number of alkyl halides is 2. The monoisotopic (exact) mass is 295 g/mol. The zero-order valence-electron chi connectivity index (χ0n) is 9.84. The summed E-state index contributed by atoms with van der Waals surface area (Å²) >= 11 is 1.30. The number of rotatable bonds is 3. The molecule has 0 aliphatic heterocycles. The van der Waals surface area contributed by atoms with Gasteiger partial charge in [0.25, 0.3) is 6.43 Å². The normalized spacial score (nSPS) is 11.3. The maximum Gasteiger partial charge on any atom is 0.374 e. The zero-order chi connectivity index (χ0) is 14.3. The van der Waals surface area contributed by atoms with Gasteiger partial charge >= 0.3 is 5.97 Å². The third-order valence-electron chi connectivity index (χ3n) is 2.69. The molecule has 4 nitrogen and oxygen atoms in total. The Kier molecular flexibility index (Phi) is 2.98. The number of halogens is 2. The van der Waals surface area contributed by atoms with Crippen LogP contribution in [-0.4, -0.2) is 16.1 Å². The molecular formula is C13H7F2NO3S. The summed E-state index contributed by atoms with van der Waals surface area (Å²) in [6.45, 7) is 0. The number of hydrogen-bond acceptors (Lipinski definition) is 4. The molecule has 0 bridgehead atoms. The lowest BCUT2D eigenvalue weighted by Crippen LogP contribution is -1.99. The highest BCUT2D eigenvalue weighted by atomic mass is 32.1. The standard InChI is InChI=1S/C13H7F2NO3S/c14-11(15)9-10(13(17)18)19-12(16-9)8-5-6-3-1-2-4-7(6)20-8/h1-5,11H,(H,17,18). The molecular weight excluding hydrogens is 288 g/mol. The molecule has 2 heterocycles. The first-order valence-electron chi connectivity index (χ1n) is 5.57. The summed E-state index contributed by atoms with van der Waals surface area (Å²) in [6, 6.07) is 9.17. The first-order chi connectivity index (χ1) is 9.56. The molecule has 1 aromatic carbocycles. The number of benzene rings is 1. The zero-order valence-corrected chi connectivity index (χ0v) is 10.7. The van der Waals surface area contributed by atoms with Crippen molar-refractivity contribution in [3.63, 3.8) is 0 Å². The van der Waals surface area contributed by atoms with Crippen LogP contribution in [0.4, 0.5) is 8.78 Å². The number of carboxylic acids is 1. The molecule has 0 saturated carbocycles. The Morgan fingerprint density at radius 1 is 1.35 bits per heavy atom. The van der Waals surface area contributed by atoms with Crippen molar-refractivity contribution < 1.29 is 23.1 Å². The van der Waals surface area contributed by atoms with Crippen LogP contribution in [0, 0.1) is 0 Å². The summed E-state index contributed by atoms with van der Waals surface area (Å²) in [5.74, 6) is -2.47. The van der Waals surface area contributed by atoms with Gasteiger partial charge in [0.05, 0.1) is 4.88 Å². The number of thiophene rings is 1. The van der Waals surface area contributed by atoms with Crippen LogP contribution < -0.4 is 0 Å². The van der Waals surface area contributed by atoms with Crippen molar-refractivity contribution in [2.75, 3.05) is 0 Å². The van der Waals surface area contributed by atoms with Crippen molar-refractivity contribution in [2.24, 2.45) is 0 Å². The Labute approximate surface area is 115 Å². The highest BCUT2D eigenvalue weighted by Gasteiger charge is 2.27. The summed E-state index contributed by atoms with van der Waals surface area (Å²) in [4.78, 5) is 15.0. The van der Waals surface area contributed by atoms with E-state index in [1.807, 2.05) is 24.3 Å².